The number of allylic oxidation sites excluding steroid dienone is 1. The standard InChI is InChI=1S/C22H28N2O4/c1-15(2)10-12-23-20(26)19(18(25)14-17-8-6-5-7-9-17)21(27)24(22(23)28)13-11-16(3)4/h5-10,16,19H,11-14H2,1-4H3. The van der Waals surface area contributed by atoms with Crippen LogP contribution in [0.2, 0.25) is 0 Å². The van der Waals surface area contributed by atoms with Gasteiger partial charge in [-0.1, -0.05) is 55.8 Å². The molecule has 1 atom stereocenters. The molecule has 0 bridgehead atoms. The summed E-state index contributed by atoms with van der Waals surface area (Å²) in [7, 11) is 0. The first kappa shape index (κ1) is 21.5. The van der Waals surface area contributed by atoms with Crippen molar-refractivity contribution >= 4 is 23.6 Å². The number of hydrogen-bond acceptors (Lipinski definition) is 4. The molecule has 28 heavy (non-hydrogen) atoms. The smallest absolute Gasteiger partial charge is 0.298 e. The number of carbonyl (C=O) groups is 4. The highest BCUT2D eigenvalue weighted by molar-refractivity contribution is 6.26. The number of barbiturate groups is 1. The van der Waals surface area contributed by atoms with E-state index in [9.17, 15) is 19.2 Å². The number of rotatable bonds is 8. The zero-order valence-corrected chi connectivity index (χ0v) is 17.0. The number of imide groups is 2. The van der Waals surface area contributed by atoms with E-state index >= 15 is 0 Å². The van der Waals surface area contributed by atoms with E-state index in [1.165, 1.54) is 0 Å². The highest BCUT2D eigenvalue weighted by Gasteiger charge is 2.48. The quantitative estimate of drug-likeness (QED) is 0.509. The zero-order chi connectivity index (χ0) is 20.8. The molecular formula is C22H28N2O4. The average Bonchev–Trinajstić information content (AvgIpc) is 2.61. The van der Waals surface area contributed by atoms with Crippen LogP contribution in [0, 0.1) is 11.8 Å². The summed E-state index contributed by atoms with van der Waals surface area (Å²) < 4.78 is 0. The molecule has 6 heteroatoms. The summed E-state index contributed by atoms with van der Waals surface area (Å²) in [6.45, 7) is 7.95. The molecule has 0 aromatic heterocycles. The van der Waals surface area contributed by atoms with Crippen molar-refractivity contribution in [2.75, 3.05) is 13.1 Å². The van der Waals surface area contributed by atoms with Crippen molar-refractivity contribution in [3.05, 3.63) is 47.5 Å². The van der Waals surface area contributed by atoms with Crippen molar-refractivity contribution in [1.29, 1.82) is 0 Å². The summed E-state index contributed by atoms with van der Waals surface area (Å²) in [5.74, 6) is -3.09. The highest BCUT2D eigenvalue weighted by Crippen LogP contribution is 2.22. The molecule has 0 aliphatic carbocycles. The minimum Gasteiger partial charge on any atom is -0.298 e. The Morgan fingerprint density at radius 2 is 1.64 bits per heavy atom. The van der Waals surface area contributed by atoms with Crippen LogP contribution in [0.3, 0.4) is 0 Å². The normalized spacial score (nSPS) is 17.3. The van der Waals surface area contributed by atoms with Gasteiger partial charge in [0.2, 0.25) is 0 Å². The molecule has 1 fully saturated rings. The minimum atomic E-state index is -1.46. The Morgan fingerprint density at radius 3 is 2.21 bits per heavy atom. The Morgan fingerprint density at radius 1 is 1.04 bits per heavy atom. The molecule has 0 radical (unpaired) electrons. The van der Waals surface area contributed by atoms with Gasteiger partial charge in [-0.25, -0.2) is 4.79 Å². The van der Waals surface area contributed by atoms with E-state index in [1.807, 2.05) is 33.8 Å². The zero-order valence-electron chi connectivity index (χ0n) is 17.0. The van der Waals surface area contributed by atoms with Gasteiger partial charge in [0.1, 0.15) is 0 Å². The van der Waals surface area contributed by atoms with E-state index in [2.05, 4.69) is 0 Å². The fourth-order valence-electron chi connectivity index (χ4n) is 2.96. The molecule has 150 valence electrons. The van der Waals surface area contributed by atoms with E-state index in [0.29, 0.717) is 6.42 Å². The van der Waals surface area contributed by atoms with Crippen molar-refractivity contribution in [3.8, 4) is 0 Å². The second kappa shape index (κ2) is 9.44. The number of hydrogen-bond donors (Lipinski definition) is 0. The highest BCUT2D eigenvalue weighted by atomic mass is 16.2. The lowest BCUT2D eigenvalue weighted by atomic mass is 9.93. The molecule has 1 saturated heterocycles. The van der Waals surface area contributed by atoms with Crippen LogP contribution >= 0.6 is 0 Å². The first-order valence-electron chi connectivity index (χ1n) is 9.59. The van der Waals surface area contributed by atoms with Crippen LogP contribution in [0.25, 0.3) is 0 Å². The van der Waals surface area contributed by atoms with E-state index in [-0.39, 0.29) is 25.4 Å². The number of benzene rings is 1. The average molecular weight is 384 g/mol. The van der Waals surface area contributed by atoms with Crippen molar-refractivity contribution in [1.82, 2.24) is 9.80 Å². The van der Waals surface area contributed by atoms with E-state index in [0.717, 1.165) is 20.9 Å². The first-order chi connectivity index (χ1) is 13.2. The number of urea groups is 1. The molecule has 1 aromatic carbocycles. The summed E-state index contributed by atoms with van der Waals surface area (Å²) in [5, 5.41) is 0. The second-order valence-electron chi connectivity index (χ2n) is 7.75. The predicted octanol–water partition coefficient (Wildman–Crippen LogP) is 3.22. The van der Waals surface area contributed by atoms with Crippen LogP contribution in [0.1, 0.15) is 39.7 Å². The molecule has 4 amide bonds. The number of amides is 4. The summed E-state index contributed by atoms with van der Waals surface area (Å²) >= 11 is 0. The maximum absolute atomic E-state index is 12.9. The number of carbonyl (C=O) groups excluding carboxylic acids is 4. The Kier molecular flexibility index (Phi) is 7.26. The third-order valence-corrected chi connectivity index (χ3v) is 4.64. The van der Waals surface area contributed by atoms with Gasteiger partial charge in [0.05, 0.1) is 0 Å². The monoisotopic (exact) mass is 384 g/mol. The van der Waals surface area contributed by atoms with Gasteiger partial charge < -0.3 is 0 Å². The molecule has 1 aliphatic rings. The molecule has 2 rings (SSSR count). The lowest BCUT2D eigenvalue weighted by Gasteiger charge is -2.36. The number of ketones is 1. The first-order valence-corrected chi connectivity index (χ1v) is 9.59. The van der Waals surface area contributed by atoms with Crippen LogP contribution < -0.4 is 0 Å². The van der Waals surface area contributed by atoms with Crippen LogP contribution in [-0.2, 0) is 20.8 Å². The van der Waals surface area contributed by atoms with Gasteiger partial charge in [0.25, 0.3) is 11.8 Å². The van der Waals surface area contributed by atoms with E-state index in [1.54, 1.807) is 30.3 Å². The van der Waals surface area contributed by atoms with Crippen molar-refractivity contribution in [2.24, 2.45) is 11.8 Å². The third-order valence-electron chi connectivity index (χ3n) is 4.64. The Balaban J connectivity index is 2.31. The predicted molar refractivity (Wildman–Crippen MR) is 106 cm³/mol. The SMILES string of the molecule is CC(C)=CCN1C(=O)C(C(=O)Cc2ccccc2)C(=O)N(CCC(C)C)C1=O. The summed E-state index contributed by atoms with van der Waals surface area (Å²) in [6, 6.07) is 8.34. The Labute approximate surface area is 166 Å². The van der Waals surface area contributed by atoms with Gasteiger partial charge in [-0.15, -0.1) is 0 Å². The molecule has 1 heterocycles. The van der Waals surface area contributed by atoms with Gasteiger partial charge in [-0.2, -0.15) is 0 Å². The van der Waals surface area contributed by atoms with E-state index in [4.69, 9.17) is 0 Å². The summed E-state index contributed by atoms with van der Waals surface area (Å²) in [4.78, 5) is 53.5. The van der Waals surface area contributed by atoms with Crippen molar-refractivity contribution in [3.63, 3.8) is 0 Å². The third kappa shape index (κ3) is 5.15. The Hall–Kier alpha value is -2.76. The Bertz CT molecular complexity index is 779. The molecule has 1 aromatic rings. The maximum atomic E-state index is 12.9. The molecule has 6 nitrogen and oxygen atoms in total. The van der Waals surface area contributed by atoms with Crippen molar-refractivity contribution < 1.29 is 19.2 Å². The van der Waals surface area contributed by atoms with Gasteiger partial charge in [0, 0.05) is 19.5 Å². The van der Waals surface area contributed by atoms with Gasteiger partial charge in [-0.3, -0.25) is 24.2 Å². The number of Topliss-reactive ketones (excluding diaryl/α,β-unsaturated/α-hetero) is 1. The molecule has 0 N–H and O–H groups in total. The van der Waals surface area contributed by atoms with Crippen molar-refractivity contribution in [2.45, 2.75) is 40.5 Å². The molecule has 1 aliphatic heterocycles. The van der Waals surface area contributed by atoms with Crippen LogP contribution in [0.4, 0.5) is 4.79 Å². The summed E-state index contributed by atoms with van der Waals surface area (Å²) in [5.41, 5.74) is 1.67. The van der Waals surface area contributed by atoms with Gasteiger partial charge in [-0.05, 0) is 31.7 Å². The van der Waals surface area contributed by atoms with E-state index < -0.39 is 29.5 Å². The van der Waals surface area contributed by atoms with Gasteiger partial charge in [0.15, 0.2) is 11.7 Å². The summed E-state index contributed by atoms with van der Waals surface area (Å²) in [6.07, 6.45) is 2.33. The largest absolute Gasteiger partial charge is 0.333 e. The van der Waals surface area contributed by atoms with Crippen LogP contribution in [0.15, 0.2) is 42.0 Å². The van der Waals surface area contributed by atoms with Gasteiger partial charge >= 0.3 is 6.03 Å². The lowest BCUT2D eigenvalue weighted by Crippen LogP contribution is -2.61. The fourth-order valence-corrected chi connectivity index (χ4v) is 2.96. The van der Waals surface area contributed by atoms with Crippen LogP contribution in [-0.4, -0.2) is 46.5 Å². The topological polar surface area (TPSA) is 74.8 Å². The maximum Gasteiger partial charge on any atom is 0.333 e. The second-order valence-corrected chi connectivity index (χ2v) is 7.75. The minimum absolute atomic E-state index is 0.0221. The van der Waals surface area contributed by atoms with Crippen LogP contribution in [0.5, 0.6) is 0 Å². The molecule has 1 unspecified atom stereocenters. The molecule has 0 saturated carbocycles. The molecular weight excluding hydrogens is 356 g/mol. The fraction of sp³-hybridized carbons (Fsp3) is 0.455. The lowest BCUT2D eigenvalue weighted by molar-refractivity contribution is -0.152. The number of nitrogens with zero attached hydrogens (tertiary/aromatic N) is 2. The molecule has 0 spiro atoms.